The van der Waals surface area contributed by atoms with Gasteiger partial charge in [0.25, 0.3) is 0 Å². The smallest absolute Gasteiger partial charge is 0.0689 e. The van der Waals surface area contributed by atoms with Crippen LogP contribution in [0.5, 0.6) is 0 Å². The van der Waals surface area contributed by atoms with Crippen molar-refractivity contribution in [3.8, 4) is 0 Å². The van der Waals surface area contributed by atoms with Crippen molar-refractivity contribution in [2.45, 2.75) is 26.3 Å². The zero-order valence-electron chi connectivity index (χ0n) is 8.34. The summed E-state index contributed by atoms with van der Waals surface area (Å²) in [4.78, 5) is 2.33. The Balaban J connectivity index is 2.34. The highest BCUT2D eigenvalue weighted by Crippen LogP contribution is 2.08. The molecule has 70 valence electrons. The average Bonchev–Trinajstić information content (AvgIpc) is 2.06. The molecule has 0 N–H and O–H groups in total. The van der Waals surface area contributed by atoms with Gasteiger partial charge in [-0.05, 0) is 32.9 Å². The molecule has 0 aromatic heterocycles. The van der Waals surface area contributed by atoms with E-state index in [4.69, 9.17) is 4.74 Å². The summed E-state index contributed by atoms with van der Waals surface area (Å²) in [7, 11) is 2.15. The second-order valence-corrected chi connectivity index (χ2v) is 3.71. The molecule has 0 aromatic rings. The van der Waals surface area contributed by atoms with Gasteiger partial charge in [0, 0.05) is 12.6 Å². The first-order valence-electron chi connectivity index (χ1n) is 4.66. The van der Waals surface area contributed by atoms with E-state index < -0.39 is 0 Å². The van der Waals surface area contributed by atoms with Crippen LogP contribution in [0, 0.1) is 0 Å². The molecule has 0 amide bonds. The Hall–Kier alpha value is -0.340. The van der Waals surface area contributed by atoms with Gasteiger partial charge in [-0.3, -0.25) is 4.90 Å². The molecule has 2 heteroatoms. The molecule has 12 heavy (non-hydrogen) atoms. The maximum Gasteiger partial charge on any atom is 0.0689 e. The fourth-order valence-corrected chi connectivity index (χ4v) is 1.22. The van der Waals surface area contributed by atoms with Crippen LogP contribution >= 0.6 is 0 Å². The molecule has 1 rings (SSSR count). The molecule has 0 bridgehead atoms. The summed E-state index contributed by atoms with van der Waals surface area (Å²) in [6, 6.07) is 0.618. The minimum atomic E-state index is 0.618. The summed E-state index contributed by atoms with van der Waals surface area (Å²) in [5, 5.41) is 0. The first-order valence-corrected chi connectivity index (χ1v) is 4.66. The van der Waals surface area contributed by atoms with Crippen LogP contribution in [0.3, 0.4) is 0 Å². The standard InChI is InChI=1S/C10H19NO/c1-9(2)11(3)7-10-5-4-6-12-8-10/h5,9H,4,6-8H2,1-3H3. The maximum absolute atomic E-state index is 5.37. The van der Waals surface area contributed by atoms with Gasteiger partial charge in [-0.2, -0.15) is 0 Å². The van der Waals surface area contributed by atoms with Crippen molar-refractivity contribution in [3.63, 3.8) is 0 Å². The second-order valence-electron chi connectivity index (χ2n) is 3.71. The van der Waals surface area contributed by atoms with E-state index in [1.807, 2.05) is 0 Å². The van der Waals surface area contributed by atoms with Crippen LogP contribution in [0.2, 0.25) is 0 Å². The lowest BCUT2D eigenvalue weighted by molar-refractivity contribution is 0.141. The Kier molecular flexibility index (Phi) is 3.76. The normalized spacial score (nSPS) is 18.6. The van der Waals surface area contributed by atoms with E-state index in [9.17, 15) is 0 Å². The van der Waals surface area contributed by atoms with Crippen LogP contribution in [-0.4, -0.2) is 37.7 Å². The molecule has 0 saturated heterocycles. The van der Waals surface area contributed by atoms with Crippen molar-refractivity contribution in [2.75, 3.05) is 26.8 Å². The van der Waals surface area contributed by atoms with Crippen molar-refractivity contribution >= 4 is 0 Å². The molecule has 0 atom stereocenters. The van der Waals surface area contributed by atoms with Crippen LogP contribution in [0.4, 0.5) is 0 Å². The first-order chi connectivity index (χ1) is 5.70. The van der Waals surface area contributed by atoms with E-state index in [0.717, 1.165) is 26.2 Å². The van der Waals surface area contributed by atoms with E-state index in [2.05, 4.69) is 31.9 Å². The summed E-state index contributed by atoms with van der Waals surface area (Å²) in [5.41, 5.74) is 1.43. The summed E-state index contributed by atoms with van der Waals surface area (Å²) < 4.78 is 5.37. The minimum absolute atomic E-state index is 0.618. The average molecular weight is 169 g/mol. The van der Waals surface area contributed by atoms with Crippen molar-refractivity contribution in [1.29, 1.82) is 0 Å². The summed E-state index contributed by atoms with van der Waals surface area (Å²) >= 11 is 0. The number of nitrogens with zero attached hydrogens (tertiary/aromatic N) is 1. The lowest BCUT2D eigenvalue weighted by Crippen LogP contribution is -2.30. The molecule has 2 nitrogen and oxygen atoms in total. The van der Waals surface area contributed by atoms with Crippen LogP contribution < -0.4 is 0 Å². The van der Waals surface area contributed by atoms with E-state index in [0.29, 0.717) is 6.04 Å². The quantitative estimate of drug-likeness (QED) is 0.596. The number of hydrogen-bond acceptors (Lipinski definition) is 2. The molecule has 0 fully saturated rings. The highest BCUT2D eigenvalue weighted by Gasteiger charge is 2.08. The van der Waals surface area contributed by atoms with Gasteiger partial charge in [0.05, 0.1) is 13.2 Å². The Labute approximate surface area is 75.2 Å². The van der Waals surface area contributed by atoms with Gasteiger partial charge in [-0.15, -0.1) is 0 Å². The fraction of sp³-hybridized carbons (Fsp3) is 0.800. The third-order valence-corrected chi connectivity index (χ3v) is 2.32. The third-order valence-electron chi connectivity index (χ3n) is 2.32. The van der Waals surface area contributed by atoms with Gasteiger partial charge in [0.2, 0.25) is 0 Å². The molecule has 0 radical (unpaired) electrons. The van der Waals surface area contributed by atoms with Crippen molar-refractivity contribution in [2.24, 2.45) is 0 Å². The van der Waals surface area contributed by atoms with Crippen LogP contribution in [-0.2, 0) is 4.74 Å². The predicted molar refractivity (Wildman–Crippen MR) is 51.3 cm³/mol. The first kappa shape index (κ1) is 9.75. The molecule has 1 heterocycles. The largest absolute Gasteiger partial charge is 0.377 e. The lowest BCUT2D eigenvalue weighted by Gasteiger charge is -2.24. The van der Waals surface area contributed by atoms with Gasteiger partial charge in [0.15, 0.2) is 0 Å². The minimum Gasteiger partial charge on any atom is -0.377 e. The topological polar surface area (TPSA) is 12.5 Å². The third kappa shape index (κ3) is 2.95. The van der Waals surface area contributed by atoms with Crippen LogP contribution in [0.1, 0.15) is 20.3 Å². The molecule has 0 aliphatic carbocycles. The number of ether oxygens (including phenoxy) is 1. The Morgan fingerprint density at radius 1 is 1.58 bits per heavy atom. The molecule has 0 spiro atoms. The molecule has 1 aliphatic rings. The van der Waals surface area contributed by atoms with Crippen molar-refractivity contribution in [3.05, 3.63) is 11.6 Å². The van der Waals surface area contributed by atoms with Gasteiger partial charge < -0.3 is 4.74 Å². The van der Waals surface area contributed by atoms with Crippen LogP contribution in [0.15, 0.2) is 11.6 Å². The monoisotopic (exact) mass is 169 g/mol. The fourth-order valence-electron chi connectivity index (χ4n) is 1.22. The number of rotatable bonds is 3. The zero-order valence-corrected chi connectivity index (χ0v) is 8.34. The van der Waals surface area contributed by atoms with Gasteiger partial charge in [-0.25, -0.2) is 0 Å². The predicted octanol–water partition coefficient (Wildman–Crippen LogP) is 1.67. The van der Waals surface area contributed by atoms with Crippen LogP contribution in [0.25, 0.3) is 0 Å². The Bertz CT molecular complexity index is 163. The highest BCUT2D eigenvalue weighted by atomic mass is 16.5. The number of hydrogen-bond donors (Lipinski definition) is 0. The summed E-state index contributed by atoms with van der Waals surface area (Å²) in [5.74, 6) is 0. The zero-order chi connectivity index (χ0) is 8.97. The second kappa shape index (κ2) is 4.63. The van der Waals surface area contributed by atoms with Gasteiger partial charge in [-0.1, -0.05) is 6.08 Å². The van der Waals surface area contributed by atoms with E-state index >= 15 is 0 Å². The van der Waals surface area contributed by atoms with E-state index in [1.165, 1.54) is 5.57 Å². The van der Waals surface area contributed by atoms with E-state index in [1.54, 1.807) is 0 Å². The van der Waals surface area contributed by atoms with Gasteiger partial charge in [0.1, 0.15) is 0 Å². The molecule has 0 aromatic carbocycles. The lowest BCUT2D eigenvalue weighted by atomic mass is 10.2. The Morgan fingerprint density at radius 3 is 2.83 bits per heavy atom. The molecular weight excluding hydrogens is 150 g/mol. The van der Waals surface area contributed by atoms with Crippen molar-refractivity contribution in [1.82, 2.24) is 4.90 Å². The molecule has 0 unspecified atom stereocenters. The maximum atomic E-state index is 5.37. The summed E-state index contributed by atoms with van der Waals surface area (Å²) in [6.45, 7) is 7.21. The molecule has 1 aliphatic heterocycles. The van der Waals surface area contributed by atoms with Crippen molar-refractivity contribution < 1.29 is 4.74 Å². The van der Waals surface area contributed by atoms with E-state index in [-0.39, 0.29) is 0 Å². The summed E-state index contributed by atoms with van der Waals surface area (Å²) in [6.07, 6.45) is 3.39. The molecular formula is C10H19NO. The van der Waals surface area contributed by atoms with Gasteiger partial charge >= 0.3 is 0 Å². The molecule has 0 saturated carbocycles. The Morgan fingerprint density at radius 2 is 2.33 bits per heavy atom. The number of likely N-dealkylation sites (N-methyl/N-ethyl adjacent to an activating group) is 1. The SMILES string of the molecule is CC(C)N(C)CC1=CCCOC1. The highest BCUT2D eigenvalue weighted by molar-refractivity contribution is 5.07.